The van der Waals surface area contributed by atoms with Crippen molar-refractivity contribution in [3.8, 4) is 0 Å². The van der Waals surface area contributed by atoms with Gasteiger partial charge in [0.15, 0.2) is 0 Å². The fraction of sp³-hybridized carbons (Fsp3) is 0.800. The summed E-state index contributed by atoms with van der Waals surface area (Å²) >= 11 is 5.68. The van der Waals surface area contributed by atoms with Gasteiger partial charge in [0.05, 0.1) is 12.2 Å². The Morgan fingerprint density at radius 1 is 1.46 bits per heavy atom. The van der Waals surface area contributed by atoms with Crippen molar-refractivity contribution in [1.29, 1.82) is 0 Å². The second-order valence-corrected chi connectivity index (χ2v) is 4.36. The molecule has 1 rings (SSSR count). The van der Waals surface area contributed by atoms with Crippen LogP contribution in [0.15, 0.2) is 11.6 Å². The molecule has 76 valence electrons. The molecule has 0 aromatic carbocycles. The zero-order valence-corrected chi connectivity index (χ0v) is 9.10. The molecule has 0 aliphatic carbocycles. The van der Waals surface area contributed by atoms with Crippen LogP contribution in [-0.2, 0) is 4.74 Å². The summed E-state index contributed by atoms with van der Waals surface area (Å²) in [6.07, 6.45) is 2.83. The van der Waals surface area contributed by atoms with Gasteiger partial charge in [0.25, 0.3) is 0 Å². The van der Waals surface area contributed by atoms with Crippen LogP contribution in [0.5, 0.6) is 0 Å². The quantitative estimate of drug-likeness (QED) is 0.760. The van der Waals surface area contributed by atoms with Gasteiger partial charge in [-0.15, -0.1) is 0 Å². The monoisotopic (exact) mass is 203 g/mol. The maximum absolute atomic E-state index is 5.68. The number of rotatable bonds is 3. The summed E-state index contributed by atoms with van der Waals surface area (Å²) in [7, 11) is 0. The van der Waals surface area contributed by atoms with E-state index >= 15 is 0 Å². The molecule has 2 nitrogen and oxygen atoms in total. The fourth-order valence-electron chi connectivity index (χ4n) is 1.83. The van der Waals surface area contributed by atoms with E-state index in [0.29, 0.717) is 29.8 Å². The lowest BCUT2D eigenvalue weighted by Crippen LogP contribution is -2.41. The smallest absolute Gasteiger partial charge is 0.0565 e. The Bertz CT molecular complexity index is 174. The minimum absolute atomic E-state index is 0.352. The number of hydrogen-bond acceptors (Lipinski definition) is 2. The van der Waals surface area contributed by atoms with Crippen LogP contribution in [0, 0.1) is 0 Å². The molecule has 0 aromatic heterocycles. The molecule has 1 N–H and O–H groups in total. The first-order valence-corrected chi connectivity index (χ1v) is 5.18. The van der Waals surface area contributed by atoms with Gasteiger partial charge in [-0.3, -0.25) is 0 Å². The lowest BCUT2D eigenvalue weighted by atomic mass is 10.00. The van der Waals surface area contributed by atoms with E-state index in [9.17, 15) is 0 Å². The molecule has 3 heteroatoms. The molecule has 2 atom stereocenters. The zero-order valence-electron chi connectivity index (χ0n) is 8.35. The number of halogens is 1. The maximum atomic E-state index is 5.68. The van der Waals surface area contributed by atoms with E-state index in [2.05, 4.69) is 25.7 Å². The van der Waals surface area contributed by atoms with Gasteiger partial charge in [0.2, 0.25) is 0 Å². The van der Waals surface area contributed by atoms with Gasteiger partial charge in [-0.2, -0.15) is 0 Å². The summed E-state index contributed by atoms with van der Waals surface area (Å²) in [5.74, 6) is 0. The van der Waals surface area contributed by atoms with Crippen LogP contribution in [-0.4, -0.2) is 24.8 Å². The highest BCUT2D eigenvalue weighted by molar-refractivity contribution is 6.29. The predicted octanol–water partition coefficient (Wildman–Crippen LogP) is 2.28. The molecule has 0 aromatic rings. The summed E-state index contributed by atoms with van der Waals surface area (Å²) in [6.45, 7) is 8.57. The van der Waals surface area contributed by atoms with Crippen LogP contribution in [0.3, 0.4) is 0 Å². The summed E-state index contributed by atoms with van der Waals surface area (Å²) in [4.78, 5) is 0. The Morgan fingerprint density at radius 2 is 2.00 bits per heavy atom. The number of ether oxygens (including phenoxy) is 1. The van der Waals surface area contributed by atoms with Crippen molar-refractivity contribution >= 4 is 11.6 Å². The Hall–Kier alpha value is -0.0500. The molecule has 1 saturated heterocycles. The van der Waals surface area contributed by atoms with E-state index in [0.717, 1.165) is 12.8 Å². The highest BCUT2D eigenvalue weighted by Gasteiger charge is 2.23. The highest BCUT2D eigenvalue weighted by Crippen LogP contribution is 2.19. The molecule has 1 heterocycles. The lowest BCUT2D eigenvalue weighted by Gasteiger charge is -2.32. The molecule has 0 spiro atoms. The third-order valence-electron chi connectivity index (χ3n) is 2.28. The zero-order chi connectivity index (χ0) is 9.84. The van der Waals surface area contributed by atoms with E-state index < -0.39 is 0 Å². The first-order chi connectivity index (χ1) is 6.08. The predicted molar refractivity (Wildman–Crippen MR) is 56.0 cm³/mol. The van der Waals surface area contributed by atoms with E-state index in [1.54, 1.807) is 0 Å². The Morgan fingerprint density at radius 3 is 2.46 bits per heavy atom. The molecule has 1 aliphatic rings. The van der Waals surface area contributed by atoms with Gasteiger partial charge < -0.3 is 10.1 Å². The minimum Gasteiger partial charge on any atom is -0.375 e. The lowest BCUT2D eigenvalue weighted by molar-refractivity contribution is -0.0415. The topological polar surface area (TPSA) is 21.3 Å². The molecular formula is C10H18ClNO. The van der Waals surface area contributed by atoms with Crippen LogP contribution < -0.4 is 5.32 Å². The molecule has 0 amide bonds. The van der Waals surface area contributed by atoms with Crippen LogP contribution in [0.1, 0.15) is 26.7 Å². The van der Waals surface area contributed by atoms with Crippen molar-refractivity contribution in [2.75, 3.05) is 6.54 Å². The van der Waals surface area contributed by atoms with Gasteiger partial charge in [-0.25, -0.2) is 0 Å². The molecule has 2 unspecified atom stereocenters. The van der Waals surface area contributed by atoms with Crippen LogP contribution >= 0.6 is 11.6 Å². The fourth-order valence-corrected chi connectivity index (χ4v) is 1.90. The molecule has 1 aliphatic heterocycles. The maximum Gasteiger partial charge on any atom is 0.0565 e. The largest absolute Gasteiger partial charge is 0.375 e. The molecule has 13 heavy (non-hydrogen) atoms. The summed E-state index contributed by atoms with van der Waals surface area (Å²) in [6, 6.07) is 0.522. The van der Waals surface area contributed by atoms with Crippen LogP contribution in [0.2, 0.25) is 0 Å². The van der Waals surface area contributed by atoms with Crippen molar-refractivity contribution in [1.82, 2.24) is 5.32 Å². The van der Waals surface area contributed by atoms with E-state index in [4.69, 9.17) is 16.3 Å². The molecule has 1 fully saturated rings. The van der Waals surface area contributed by atoms with Gasteiger partial charge in [-0.1, -0.05) is 18.2 Å². The third-order valence-corrected chi connectivity index (χ3v) is 2.41. The summed E-state index contributed by atoms with van der Waals surface area (Å²) < 4.78 is 5.63. The molecule has 0 bridgehead atoms. The third kappa shape index (κ3) is 4.12. The van der Waals surface area contributed by atoms with Crippen molar-refractivity contribution < 1.29 is 4.74 Å². The minimum atomic E-state index is 0.352. The second-order valence-electron chi connectivity index (χ2n) is 3.82. The van der Waals surface area contributed by atoms with Gasteiger partial charge >= 0.3 is 0 Å². The first kappa shape index (κ1) is 11.0. The van der Waals surface area contributed by atoms with Crippen molar-refractivity contribution in [3.05, 3.63) is 11.6 Å². The first-order valence-electron chi connectivity index (χ1n) is 4.80. The van der Waals surface area contributed by atoms with E-state index in [1.165, 1.54) is 0 Å². The van der Waals surface area contributed by atoms with Gasteiger partial charge in [0.1, 0.15) is 0 Å². The van der Waals surface area contributed by atoms with Crippen LogP contribution in [0.25, 0.3) is 0 Å². The standard InChI is InChI=1S/C10H18ClNO/c1-7(11)6-12-10-4-8(2)13-9(3)5-10/h8-10,12H,1,4-6H2,2-3H3. The van der Waals surface area contributed by atoms with Gasteiger partial charge in [-0.05, 0) is 26.7 Å². The Balaban J connectivity index is 2.28. The summed E-state index contributed by atoms with van der Waals surface area (Å²) in [5.41, 5.74) is 0. The molecular weight excluding hydrogens is 186 g/mol. The second kappa shape index (κ2) is 4.99. The molecule has 0 saturated carbocycles. The SMILES string of the molecule is C=C(Cl)CNC1CC(C)OC(C)C1. The van der Waals surface area contributed by atoms with E-state index in [1.807, 2.05) is 0 Å². The van der Waals surface area contributed by atoms with Gasteiger partial charge in [0, 0.05) is 17.6 Å². The average molecular weight is 204 g/mol. The van der Waals surface area contributed by atoms with E-state index in [-0.39, 0.29) is 0 Å². The Kier molecular flexibility index (Phi) is 4.23. The van der Waals surface area contributed by atoms with Crippen molar-refractivity contribution in [3.63, 3.8) is 0 Å². The average Bonchev–Trinajstić information content (AvgIpc) is 1.99. The summed E-state index contributed by atoms with van der Waals surface area (Å²) in [5, 5.41) is 4.04. The normalized spacial score (nSPS) is 34.5. The number of nitrogens with one attached hydrogen (secondary N) is 1. The number of hydrogen-bond donors (Lipinski definition) is 1. The van der Waals surface area contributed by atoms with Crippen molar-refractivity contribution in [2.45, 2.75) is 44.9 Å². The van der Waals surface area contributed by atoms with Crippen molar-refractivity contribution in [2.24, 2.45) is 0 Å². The van der Waals surface area contributed by atoms with Crippen LogP contribution in [0.4, 0.5) is 0 Å². The highest BCUT2D eigenvalue weighted by atomic mass is 35.5. The Labute approximate surface area is 85.3 Å². The molecule has 0 radical (unpaired) electrons.